The Labute approximate surface area is 212 Å². The lowest BCUT2D eigenvalue weighted by atomic mass is 9.99. The molecule has 36 heavy (non-hydrogen) atoms. The van der Waals surface area contributed by atoms with E-state index in [9.17, 15) is 14.3 Å². The van der Waals surface area contributed by atoms with Crippen molar-refractivity contribution in [2.45, 2.75) is 39.7 Å². The second kappa shape index (κ2) is 9.66. The van der Waals surface area contributed by atoms with Gasteiger partial charge in [-0.15, -0.1) is 21.5 Å². The number of fused-ring (bicyclic) bond motifs is 3. The predicted molar refractivity (Wildman–Crippen MR) is 139 cm³/mol. The Balaban J connectivity index is 1.46. The minimum absolute atomic E-state index is 0.169. The molecule has 9 heteroatoms. The first-order valence-electron chi connectivity index (χ1n) is 11.7. The number of halogens is 1. The van der Waals surface area contributed by atoms with E-state index in [2.05, 4.69) is 29.4 Å². The largest absolute Gasteiger partial charge is 0.481 e. The highest BCUT2D eigenvalue weighted by Gasteiger charge is 2.32. The lowest BCUT2D eigenvalue weighted by molar-refractivity contribution is -0.137. The fourth-order valence-electron chi connectivity index (χ4n) is 4.44. The molecule has 1 aliphatic rings. The van der Waals surface area contributed by atoms with Crippen LogP contribution in [0.3, 0.4) is 0 Å². The van der Waals surface area contributed by atoms with Gasteiger partial charge in [-0.05, 0) is 62.6 Å². The van der Waals surface area contributed by atoms with Gasteiger partial charge >= 0.3 is 5.97 Å². The van der Waals surface area contributed by atoms with Crippen molar-refractivity contribution >= 4 is 28.7 Å². The van der Waals surface area contributed by atoms with Crippen molar-refractivity contribution in [3.8, 4) is 5.00 Å². The molecule has 0 bridgehead atoms. The van der Waals surface area contributed by atoms with Gasteiger partial charge in [0.1, 0.15) is 22.7 Å². The summed E-state index contributed by atoms with van der Waals surface area (Å²) in [7, 11) is 0. The summed E-state index contributed by atoms with van der Waals surface area (Å²) >= 11 is 1.64. The fourth-order valence-corrected chi connectivity index (χ4v) is 5.65. The number of anilines is 1. The molecular weight excluding hydrogens is 477 g/mol. The molecular formula is C27H26FN5O2S. The van der Waals surface area contributed by atoms with Crippen molar-refractivity contribution in [1.29, 1.82) is 0 Å². The zero-order chi connectivity index (χ0) is 25.4. The van der Waals surface area contributed by atoms with Crippen LogP contribution in [0.25, 0.3) is 5.00 Å². The number of nitrogens with one attached hydrogen (secondary N) is 1. The van der Waals surface area contributed by atoms with Crippen LogP contribution < -0.4 is 5.32 Å². The van der Waals surface area contributed by atoms with E-state index in [-0.39, 0.29) is 12.2 Å². The molecule has 0 saturated carbocycles. The smallest absolute Gasteiger partial charge is 0.306 e. The van der Waals surface area contributed by atoms with Gasteiger partial charge in [0.15, 0.2) is 5.82 Å². The number of thiophene rings is 1. The van der Waals surface area contributed by atoms with Crippen LogP contribution in [0.4, 0.5) is 10.1 Å². The van der Waals surface area contributed by atoms with Gasteiger partial charge < -0.3 is 10.4 Å². The molecule has 0 aliphatic carbocycles. The minimum Gasteiger partial charge on any atom is -0.481 e. The molecule has 0 fully saturated rings. The summed E-state index contributed by atoms with van der Waals surface area (Å²) < 4.78 is 15.1. The summed E-state index contributed by atoms with van der Waals surface area (Å²) in [6.07, 6.45) is 0.610. The maximum absolute atomic E-state index is 13.1. The highest BCUT2D eigenvalue weighted by molar-refractivity contribution is 7.15. The molecule has 1 atom stereocenters. The second-order valence-electron chi connectivity index (χ2n) is 8.88. The minimum atomic E-state index is -0.936. The van der Waals surface area contributed by atoms with Crippen LogP contribution in [0.5, 0.6) is 0 Å². The molecule has 5 rings (SSSR count). The Hall–Kier alpha value is -3.85. The molecule has 0 amide bonds. The third-order valence-corrected chi connectivity index (χ3v) is 7.61. The summed E-state index contributed by atoms with van der Waals surface area (Å²) in [4.78, 5) is 17.8. The number of aliphatic imine (C=N–C) groups is 1. The van der Waals surface area contributed by atoms with E-state index in [1.807, 2.05) is 35.8 Å². The monoisotopic (exact) mass is 503 g/mol. The standard InChI is InChI=1S/C27H26FN5O2S/c1-15-16(2)36-27-24(15)25(30-22(14-23(34)35)26-32-31-17(3)33(26)27)19-6-10-21(11-7-19)29-13-12-18-4-8-20(28)9-5-18/h4-11,22,29H,12-14H2,1-3H3,(H,34,35)/t22-/m0/s1. The summed E-state index contributed by atoms with van der Waals surface area (Å²) in [6.45, 7) is 6.74. The molecule has 184 valence electrons. The van der Waals surface area contributed by atoms with E-state index in [1.165, 1.54) is 17.0 Å². The molecule has 4 aromatic rings. The third-order valence-electron chi connectivity index (χ3n) is 6.42. The van der Waals surface area contributed by atoms with Gasteiger partial charge in [-0.2, -0.15) is 0 Å². The molecule has 0 radical (unpaired) electrons. The van der Waals surface area contributed by atoms with Crippen LogP contribution >= 0.6 is 11.3 Å². The maximum atomic E-state index is 13.1. The number of nitrogens with zero attached hydrogens (tertiary/aromatic N) is 4. The van der Waals surface area contributed by atoms with E-state index in [0.717, 1.165) is 45.1 Å². The molecule has 3 heterocycles. The molecule has 2 aromatic carbocycles. The van der Waals surface area contributed by atoms with Gasteiger partial charge in [-0.1, -0.05) is 24.3 Å². The molecule has 1 aliphatic heterocycles. The van der Waals surface area contributed by atoms with Crippen molar-refractivity contribution in [1.82, 2.24) is 14.8 Å². The number of carboxylic acid groups (broad SMARTS) is 1. The van der Waals surface area contributed by atoms with Gasteiger partial charge in [0.05, 0.1) is 12.1 Å². The lowest BCUT2D eigenvalue weighted by Crippen LogP contribution is -2.11. The first-order chi connectivity index (χ1) is 17.3. The quantitative estimate of drug-likeness (QED) is 0.352. The molecule has 7 nitrogen and oxygen atoms in total. The Bertz CT molecular complexity index is 1450. The first kappa shape index (κ1) is 23.9. The van der Waals surface area contributed by atoms with Gasteiger partial charge in [0.2, 0.25) is 0 Å². The Morgan fingerprint density at radius 2 is 1.81 bits per heavy atom. The van der Waals surface area contributed by atoms with Gasteiger partial charge in [-0.25, -0.2) is 4.39 Å². The summed E-state index contributed by atoms with van der Waals surface area (Å²) in [6, 6.07) is 13.9. The number of rotatable bonds is 7. The topological polar surface area (TPSA) is 92.4 Å². The van der Waals surface area contributed by atoms with Crippen LogP contribution in [-0.4, -0.2) is 38.1 Å². The van der Waals surface area contributed by atoms with Crippen LogP contribution in [0.2, 0.25) is 0 Å². The lowest BCUT2D eigenvalue weighted by Gasteiger charge is -2.12. The Morgan fingerprint density at radius 1 is 1.08 bits per heavy atom. The fraction of sp³-hybridized carbons (Fsp3) is 0.259. The average molecular weight is 504 g/mol. The molecule has 0 spiro atoms. The van der Waals surface area contributed by atoms with Crippen molar-refractivity contribution < 1.29 is 14.3 Å². The predicted octanol–water partition coefficient (Wildman–Crippen LogP) is 5.41. The second-order valence-corrected chi connectivity index (χ2v) is 10.1. The number of carbonyl (C=O) groups is 1. The number of aromatic nitrogens is 3. The SMILES string of the molecule is Cc1sc2c(c1C)C(c1ccc(NCCc3ccc(F)cc3)cc1)=N[C@@H](CC(=O)O)c1nnc(C)n1-2. The number of hydrogen-bond donors (Lipinski definition) is 2. The number of aliphatic carboxylic acids is 1. The van der Waals surface area contributed by atoms with E-state index >= 15 is 0 Å². The highest BCUT2D eigenvalue weighted by atomic mass is 32.1. The van der Waals surface area contributed by atoms with E-state index in [4.69, 9.17) is 4.99 Å². The summed E-state index contributed by atoms with van der Waals surface area (Å²) in [5, 5.41) is 22.5. The molecule has 0 saturated heterocycles. The van der Waals surface area contributed by atoms with Gasteiger partial charge in [0, 0.05) is 28.2 Å². The maximum Gasteiger partial charge on any atom is 0.306 e. The van der Waals surface area contributed by atoms with Gasteiger partial charge in [-0.3, -0.25) is 14.4 Å². The zero-order valence-electron chi connectivity index (χ0n) is 20.2. The molecule has 0 unspecified atom stereocenters. The molecule has 2 N–H and O–H groups in total. The Kier molecular flexibility index (Phi) is 6.40. The van der Waals surface area contributed by atoms with Crippen LogP contribution in [0, 0.1) is 26.6 Å². The van der Waals surface area contributed by atoms with Gasteiger partial charge in [0.25, 0.3) is 0 Å². The first-order valence-corrected chi connectivity index (χ1v) is 12.5. The van der Waals surface area contributed by atoms with Crippen molar-refractivity contribution in [3.63, 3.8) is 0 Å². The van der Waals surface area contributed by atoms with Crippen molar-refractivity contribution in [2.75, 3.05) is 11.9 Å². The zero-order valence-corrected chi connectivity index (χ0v) is 21.1. The number of hydrogen-bond acceptors (Lipinski definition) is 6. The van der Waals surface area contributed by atoms with E-state index in [0.29, 0.717) is 18.2 Å². The normalized spacial score (nSPS) is 14.6. The highest BCUT2D eigenvalue weighted by Crippen LogP contribution is 2.39. The van der Waals surface area contributed by atoms with Crippen molar-refractivity contribution in [2.24, 2.45) is 4.99 Å². The van der Waals surface area contributed by atoms with E-state index in [1.54, 1.807) is 23.5 Å². The number of carboxylic acids is 1. The van der Waals surface area contributed by atoms with Crippen LogP contribution in [-0.2, 0) is 11.2 Å². The summed E-state index contributed by atoms with van der Waals surface area (Å²) in [5.41, 5.74) is 5.81. The van der Waals surface area contributed by atoms with Crippen molar-refractivity contribution in [3.05, 3.63) is 93.1 Å². The van der Waals surface area contributed by atoms with Crippen LogP contribution in [0.15, 0.2) is 53.5 Å². The molecule has 2 aromatic heterocycles. The van der Waals surface area contributed by atoms with E-state index < -0.39 is 12.0 Å². The Morgan fingerprint density at radius 3 is 2.50 bits per heavy atom. The summed E-state index contributed by atoms with van der Waals surface area (Å²) in [5.74, 6) is 0.0872. The van der Waals surface area contributed by atoms with Crippen LogP contribution in [0.1, 0.15) is 51.2 Å². The number of aryl methyl sites for hydroxylation is 2. The third kappa shape index (κ3) is 4.54. The average Bonchev–Trinajstić information content (AvgIpc) is 3.33. The number of benzene rings is 2.